The van der Waals surface area contributed by atoms with Gasteiger partial charge >= 0.3 is 0 Å². The molecule has 0 radical (unpaired) electrons. The van der Waals surface area contributed by atoms with Gasteiger partial charge in [-0.1, -0.05) is 0 Å². The number of carbonyl (C=O) groups is 1. The lowest BCUT2D eigenvalue weighted by atomic mass is 10.1. The monoisotopic (exact) mass is 424 g/mol. The number of piperidine rings is 1. The van der Waals surface area contributed by atoms with Crippen LogP contribution in [0.2, 0.25) is 0 Å². The number of amides is 1. The summed E-state index contributed by atoms with van der Waals surface area (Å²) in [5.41, 5.74) is 0.436. The number of fused-ring (bicyclic) bond motifs is 1. The Morgan fingerprint density at radius 3 is 2.68 bits per heavy atom. The first kappa shape index (κ1) is 20.6. The second-order valence-electron chi connectivity index (χ2n) is 7.25. The van der Waals surface area contributed by atoms with Crippen molar-refractivity contribution < 1.29 is 14.3 Å². The molecule has 0 aliphatic carbocycles. The van der Waals surface area contributed by atoms with Crippen LogP contribution in [0.5, 0.6) is 11.5 Å². The summed E-state index contributed by atoms with van der Waals surface area (Å²) in [6.45, 7) is 1.60. The average molecular weight is 424 g/mol. The first-order valence-electron chi connectivity index (χ1n) is 10.1. The third kappa shape index (κ3) is 4.42. The Kier molecular flexibility index (Phi) is 5.96. The van der Waals surface area contributed by atoms with Gasteiger partial charge in [-0.2, -0.15) is 4.98 Å². The van der Waals surface area contributed by atoms with Gasteiger partial charge in [0.2, 0.25) is 11.9 Å². The van der Waals surface area contributed by atoms with E-state index in [0.717, 1.165) is 25.9 Å². The zero-order chi connectivity index (χ0) is 21.8. The van der Waals surface area contributed by atoms with Crippen molar-refractivity contribution in [3.63, 3.8) is 0 Å². The molecule has 0 saturated carbocycles. The third-order valence-corrected chi connectivity index (χ3v) is 5.20. The van der Waals surface area contributed by atoms with Crippen LogP contribution in [0.4, 0.5) is 11.6 Å². The smallest absolute Gasteiger partial charge is 0.264 e. The van der Waals surface area contributed by atoms with Crippen LogP contribution in [-0.4, -0.2) is 52.7 Å². The molecule has 10 heteroatoms. The number of nitrogens with zero attached hydrogens (tertiary/aromatic N) is 5. The van der Waals surface area contributed by atoms with Crippen LogP contribution in [0.1, 0.15) is 19.3 Å². The minimum atomic E-state index is -0.391. The van der Waals surface area contributed by atoms with Gasteiger partial charge in [0, 0.05) is 25.4 Å². The fourth-order valence-electron chi connectivity index (χ4n) is 3.55. The molecule has 1 saturated heterocycles. The predicted molar refractivity (Wildman–Crippen MR) is 116 cm³/mol. The molecule has 10 nitrogen and oxygen atoms in total. The molecule has 0 atom stereocenters. The molecule has 1 amide bonds. The summed E-state index contributed by atoms with van der Waals surface area (Å²) in [5, 5.41) is 3.02. The molecule has 162 valence electrons. The number of rotatable bonds is 6. The van der Waals surface area contributed by atoms with Crippen molar-refractivity contribution in [1.29, 1.82) is 0 Å². The zero-order valence-electron chi connectivity index (χ0n) is 17.5. The molecular weight excluding hydrogens is 400 g/mol. The van der Waals surface area contributed by atoms with E-state index < -0.39 is 5.91 Å². The Balaban J connectivity index is 1.52. The second kappa shape index (κ2) is 8.99. The summed E-state index contributed by atoms with van der Waals surface area (Å²) in [7, 11) is 3.05. The van der Waals surface area contributed by atoms with Gasteiger partial charge in [-0.05, 0) is 31.4 Å². The van der Waals surface area contributed by atoms with Crippen LogP contribution < -0.4 is 25.2 Å². The molecule has 1 fully saturated rings. The van der Waals surface area contributed by atoms with E-state index >= 15 is 0 Å². The molecule has 2 aromatic heterocycles. The van der Waals surface area contributed by atoms with Crippen LogP contribution in [0.15, 0.2) is 35.5 Å². The quantitative estimate of drug-likeness (QED) is 0.638. The van der Waals surface area contributed by atoms with Crippen LogP contribution in [0, 0.1) is 0 Å². The standard InChI is InChI=1S/C21H24N6O4/c1-30-14-6-7-16(17(10-14)31-2)24-18(28)12-27-13-23-19-15(20(27)29)11-22-21(25-19)26-8-4-3-5-9-26/h6-7,10-11,13H,3-5,8-9,12H2,1-2H3,(H,24,28). The summed E-state index contributed by atoms with van der Waals surface area (Å²) in [6.07, 6.45) is 6.23. The molecule has 3 heterocycles. The molecule has 4 rings (SSSR count). The molecule has 1 aliphatic rings. The summed E-state index contributed by atoms with van der Waals surface area (Å²) < 4.78 is 11.7. The molecular formula is C21H24N6O4. The minimum absolute atomic E-state index is 0.204. The molecule has 3 aromatic rings. The summed E-state index contributed by atoms with van der Waals surface area (Å²) in [6, 6.07) is 5.04. The number of ether oxygens (including phenoxy) is 2. The number of hydrogen-bond donors (Lipinski definition) is 1. The predicted octanol–water partition coefficient (Wildman–Crippen LogP) is 1.83. The second-order valence-corrected chi connectivity index (χ2v) is 7.25. The van der Waals surface area contributed by atoms with Gasteiger partial charge in [0.05, 0.1) is 19.9 Å². The first-order valence-corrected chi connectivity index (χ1v) is 10.1. The highest BCUT2D eigenvalue weighted by atomic mass is 16.5. The normalized spacial score (nSPS) is 13.8. The van der Waals surface area contributed by atoms with Crippen LogP contribution >= 0.6 is 0 Å². The summed E-state index contributed by atoms with van der Waals surface area (Å²) in [4.78, 5) is 40.5. The summed E-state index contributed by atoms with van der Waals surface area (Å²) in [5.74, 6) is 1.25. The fraction of sp³-hybridized carbons (Fsp3) is 0.381. The Morgan fingerprint density at radius 2 is 1.94 bits per heavy atom. The highest BCUT2D eigenvalue weighted by Crippen LogP contribution is 2.29. The lowest BCUT2D eigenvalue weighted by Crippen LogP contribution is -2.31. The van der Waals surface area contributed by atoms with Gasteiger partial charge in [0.15, 0.2) is 5.65 Å². The highest BCUT2D eigenvalue weighted by Gasteiger charge is 2.16. The molecule has 1 N–H and O–H groups in total. The Labute approximate surface area is 178 Å². The van der Waals surface area contributed by atoms with Crippen LogP contribution in [0.25, 0.3) is 11.0 Å². The molecule has 1 aromatic carbocycles. The first-order chi connectivity index (χ1) is 15.1. The number of benzene rings is 1. The van der Waals surface area contributed by atoms with Gasteiger partial charge in [-0.3, -0.25) is 14.2 Å². The van der Waals surface area contributed by atoms with Crippen molar-refractivity contribution in [3.05, 3.63) is 41.1 Å². The van der Waals surface area contributed by atoms with E-state index in [1.54, 1.807) is 25.3 Å². The Hall–Kier alpha value is -3.69. The van der Waals surface area contributed by atoms with E-state index in [-0.39, 0.29) is 17.5 Å². The number of nitrogens with one attached hydrogen (secondary N) is 1. The van der Waals surface area contributed by atoms with E-state index in [1.807, 2.05) is 0 Å². The zero-order valence-corrected chi connectivity index (χ0v) is 17.5. The Bertz CT molecular complexity index is 1160. The van der Waals surface area contributed by atoms with Crippen molar-refractivity contribution >= 4 is 28.6 Å². The van der Waals surface area contributed by atoms with E-state index in [2.05, 4.69) is 25.2 Å². The van der Waals surface area contributed by atoms with Crippen molar-refractivity contribution in [2.45, 2.75) is 25.8 Å². The molecule has 0 spiro atoms. The van der Waals surface area contributed by atoms with E-state index in [4.69, 9.17) is 9.47 Å². The topological polar surface area (TPSA) is 111 Å². The van der Waals surface area contributed by atoms with Gasteiger partial charge in [0.1, 0.15) is 29.8 Å². The molecule has 0 unspecified atom stereocenters. The van der Waals surface area contributed by atoms with Gasteiger partial charge in [-0.15, -0.1) is 0 Å². The van der Waals surface area contributed by atoms with Gasteiger partial charge in [-0.25, -0.2) is 9.97 Å². The minimum Gasteiger partial charge on any atom is -0.497 e. The average Bonchev–Trinajstić information content (AvgIpc) is 2.81. The van der Waals surface area contributed by atoms with Crippen molar-refractivity contribution in [2.24, 2.45) is 0 Å². The third-order valence-electron chi connectivity index (χ3n) is 5.20. The number of anilines is 2. The summed E-state index contributed by atoms with van der Waals surface area (Å²) >= 11 is 0. The van der Waals surface area contributed by atoms with E-state index in [9.17, 15) is 9.59 Å². The van der Waals surface area contributed by atoms with E-state index in [1.165, 1.54) is 30.6 Å². The van der Waals surface area contributed by atoms with Gasteiger partial charge in [0.25, 0.3) is 5.56 Å². The maximum atomic E-state index is 12.8. The maximum Gasteiger partial charge on any atom is 0.264 e. The molecule has 0 bridgehead atoms. The number of aromatic nitrogens is 4. The highest BCUT2D eigenvalue weighted by molar-refractivity contribution is 5.92. The lowest BCUT2D eigenvalue weighted by Gasteiger charge is -2.26. The molecule has 1 aliphatic heterocycles. The number of methoxy groups -OCH3 is 2. The van der Waals surface area contributed by atoms with Crippen molar-refractivity contribution in [3.8, 4) is 11.5 Å². The molecule has 31 heavy (non-hydrogen) atoms. The number of carbonyl (C=O) groups excluding carboxylic acids is 1. The van der Waals surface area contributed by atoms with E-state index in [0.29, 0.717) is 28.8 Å². The van der Waals surface area contributed by atoms with Crippen LogP contribution in [-0.2, 0) is 11.3 Å². The number of hydrogen-bond acceptors (Lipinski definition) is 8. The Morgan fingerprint density at radius 1 is 1.13 bits per heavy atom. The van der Waals surface area contributed by atoms with Crippen molar-refractivity contribution in [1.82, 2.24) is 19.5 Å². The fourth-order valence-corrected chi connectivity index (χ4v) is 3.55. The largest absolute Gasteiger partial charge is 0.497 e. The van der Waals surface area contributed by atoms with Gasteiger partial charge < -0.3 is 19.7 Å². The maximum absolute atomic E-state index is 12.8. The van der Waals surface area contributed by atoms with Crippen molar-refractivity contribution in [2.75, 3.05) is 37.5 Å². The lowest BCUT2D eigenvalue weighted by molar-refractivity contribution is -0.116. The SMILES string of the molecule is COc1ccc(NC(=O)Cn2cnc3nc(N4CCCCC4)ncc3c2=O)c(OC)c1. The van der Waals surface area contributed by atoms with Crippen LogP contribution in [0.3, 0.4) is 0 Å².